The van der Waals surface area contributed by atoms with Crippen LogP contribution in [0.5, 0.6) is 5.75 Å². The van der Waals surface area contributed by atoms with E-state index in [-0.39, 0.29) is 23.8 Å². The summed E-state index contributed by atoms with van der Waals surface area (Å²) in [4.78, 5) is 23.0. The molecule has 6 heteroatoms. The second-order valence-corrected chi connectivity index (χ2v) is 5.17. The predicted octanol–water partition coefficient (Wildman–Crippen LogP) is 2.05. The first-order valence-electron chi connectivity index (χ1n) is 6.68. The number of para-hydroxylation sites is 1. The summed E-state index contributed by atoms with van der Waals surface area (Å²) in [5, 5.41) is 2.73. The van der Waals surface area contributed by atoms with E-state index in [1.54, 1.807) is 6.07 Å². The Bertz CT molecular complexity index is 502. The van der Waals surface area contributed by atoms with Crippen LogP contribution in [0.2, 0.25) is 0 Å². The number of nitrogens with one attached hydrogen (secondary N) is 1. The van der Waals surface area contributed by atoms with Gasteiger partial charge in [-0.15, -0.1) is 0 Å². The second-order valence-electron chi connectivity index (χ2n) is 5.17. The number of ether oxygens (including phenoxy) is 2. The van der Waals surface area contributed by atoms with Crippen LogP contribution < -0.4 is 10.1 Å². The van der Waals surface area contributed by atoms with Gasteiger partial charge in [-0.25, -0.2) is 9.18 Å². The fourth-order valence-corrected chi connectivity index (χ4v) is 1.39. The number of esters is 1. The van der Waals surface area contributed by atoms with Gasteiger partial charge in [0.2, 0.25) is 0 Å². The first-order chi connectivity index (χ1) is 9.84. The molecule has 0 unspecified atom stereocenters. The van der Waals surface area contributed by atoms with E-state index in [0.717, 1.165) is 6.42 Å². The Balaban J connectivity index is 2.32. The maximum atomic E-state index is 13.2. The van der Waals surface area contributed by atoms with Crippen LogP contribution in [0.4, 0.5) is 4.39 Å². The number of hydrogen-bond acceptors (Lipinski definition) is 4. The standard InChI is InChI=1S/C15H20FNO4/c1-4-15(2,3)17-13(18)9-21-14(19)10-20-12-8-6-5-7-11(12)16/h5-8H,4,9-10H2,1-3H3,(H,17,18). The van der Waals surface area contributed by atoms with Gasteiger partial charge < -0.3 is 14.8 Å². The average Bonchev–Trinajstić information content (AvgIpc) is 2.44. The molecule has 0 fully saturated rings. The zero-order valence-electron chi connectivity index (χ0n) is 12.4. The van der Waals surface area contributed by atoms with Crippen molar-refractivity contribution in [2.75, 3.05) is 13.2 Å². The van der Waals surface area contributed by atoms with Crippen molar-refractivity contribution >= 4 is 11.9 Å². The van der Waals surface area contributed by atoms with Gasteiger partial charge in [0.25, 0.3) is 5.91 Å². The Labute approximate surface area is 123 Å². The molecule has 0 aliphatic rings. The molecule has 0 aromatic heterocycles. The van der Waals surface area contributed by atoms with Crippen LogP contribution in [-0.2, 0) is 14.3 Å². The van der Waals surface area contributed by atoms with E-state index in [2.05, 4.69) is 5.32 Å². The molecular weight excluding hydrogens is 277 g/mol. The van der Waals surface area contributed by atoms with Crippen molar-refractivity contribution < 1.29 is 23.5 Å². The highest BCUT2D eigenvalue weighted by Gasteiger charge is 2.18. The summed E-state index contributed by atoms with van der Waals surface area (Å²) >= 11 is 0. The summed E-state index contributed by atoms with van der Waals surface area (Å²) in [5.74, 6) is -1.72. The van der Waals surface area contributed by atoms with Crippen molar-refractivity contribution in [3.05, 3.63) is 30.1 Å². The quantitative estimate of drug-likeness (QED) is 0.782. The predicted molar refractivity (Wildman–Crippen MR) is 75.4 cm³/mol. The molecule has 116 valence electrons. The number of hydrogen-bond donors (Lipinski definition) is 1. The molecule has 0 saturated heterocycles. The van der Waals surface area contributed by atoms with E-state index in [1.165, 1.54) is 18.2 Å². The van der Waals surface area contributed by atoms with Gasteiger partial charge in [0.1, 0.15) is 0 Å². The number of halogens is 1. The van der Waals surface area contributed by atoms with Crippen molar-refractivity contribution in [1.82, 2.24) is 5.32 Å². The fourth-order valence-electron chi connectivity index (χ4n) is 1.39. The largest absolute Gasteiger partial charge is 0.479 e. The number of carbonyl (C=O) groups is 2. The third-order valence-electron chi connectivity index (χ3n) is 2.91. The van der Waals surface area contributed by atoms with Gasteiger partial charge in [-0.1, -0.05) is 19.1 Å². The summed E-state index contributed by atoms with van der Waals surface area (Å²) in [6.07, 6.45) is 0.753. The first kappa shape index (κ1) is 16.9. The van der Waals surface area contributed by atoms with Crippen LogP contribution >= 0.6 is 0 Å². The molecule has 0 aliphatic carbocycles. The van der Waals surface area contributed by atoms with Crippen molar-refractivity contribution in [3.8, 4) is 5.75 Å². The zero-order chi connectivity index (χ0) is 15.9. The molecule has 0 spiro atoms. The molecule has 0 bridgehead atoms. The summed E-state index contributed by atoms with van der Waals surface area (Å²) in [6, 6.07) is 5.73. The van der Waals surface area contributed by atoms with Crippen molar-refractivity contribution in [3.63, 3.8) is 0 Å². The lowest BCUT2D eigenvalue weighted by atomic mass is 10.0. The van der Waals surface area contributed by atoms with Crippen LogP contribution in [0.3, 0.4) is 0 Å². The smallest absolute Gasteiger partial charge is 0.344 e. The molecule has 1 amide bonds. The highest BCUT2D eigenvalue weighted by Crippen LogP contribution is 2.15. The number of amides is 1. The van der Waals surface area contributed by atoms with E-state index >= 15 is 0 Å². The van der Waals surface area contributed by atoms with Crippen molar-refractivity contribution in [1.29, 1.82) is 0 Å². The molecule has 0 atom stereocenters. The maximum Gasteiger partial charge on any atom is 0.344 e. The molecular formula is C15H20FNO4. The minimum absolute atomic E-state index is 0.0361. The van der Waals surface area contributed by atoms with Gasteiger partial charge in [0.15, 0.2) is 24.8 Å². The molecule has 5 nitrogen and oxygen atoms in total. The van der Waals surface area contributed by atoms with Gasteiger partial charge in [-0.3, -0.25) is 4.79 Å². The van der Waals surface area contributed by atoms with Gasteiger partial charge in [-0.2, -0.15) is 0 Å². The second kappa shape index (κ2) is 7.61. The monoisotopic (exact) mass is 297 g/mol. The zero-order valence-corrected chi connectivity index (χ0v) is 12.4. The van der Waals surface area contributed by atoms with Crippen molar-refractivity contribution in [2.24, 2.45) is 0 Å². The van der Waals surface area contributed by atoms with Crippen molar-refractivity contribution in [2.45, 2.75) is 32.7 Å². The minimum atomic E-state index is -0.734. The molecule has 0 aliphatic heterocycles. The molecule has 1 rings (SSSR count). The molecule has 21 heavy (non-hydrogen) atoms. The summed E-state index contributed by atoms with van der Waals surface area (Å²) in [7, 11) is 0. The van der Waals surface area contributed by atoms with E-state index in [1.807, 2.05) is 20.8 Å². The van der Waals surface area contributed by atoms with Crippen LogP contribution in [0, 0.1) is 5.82 Å². The Hall–Kier alpha value is -2.11. The Morgan fingerprint density at radius 1 is 1.24 bits per heavy atom. The summed E-state index contributed by atoms with van der Waals surface area (Å²) in [6.45, 7) is 4.84. The molecule has 1 aromatic rings. The van der Waals surface area contributed by atoms with E-state index in [0.29, 0.717) is 0 Å². The summed E-state index contributed by atoms with van der Waals surface area (Å²) < 4.78 is 23.0. The minimum Gasteiger partial charge on any atom is -0.479 e. The lowest BCUT2D eigenvalue weighted by Gasteiger charge is -2.24. The topological polar surface area (TPSA) is 64.6 Å². The molecule has 1 aromatic carbocycles. The van der Waals surface area contributed by atoms with Gasteiger partial charge in [-0.05, 0) is 32.4 Å². The molecule has 0 heterocycles. The normalized spacial score (nSPS) is 10.9. The molecule has 0 saturated carbocycles. The number of carbonyl (C=O) groups excluding carboxylic acids is 2. The average molecular weight is 297 g/mol. The summed E-state index contributed by atoms with van der Waals surface area (Å²) in [5.41, 5.74) is -0.354. The van der Waals surface area contributed by atoms with E-state index in [9.17, 15) is 14.0 Å². The number of benzene rings is 1. The van der Waals surface area contributed by atoms with Crippen LogP contribution in [0.25, 0.3) is 0 Å². The number of rotatable bonds is 7. The van der Waals surface area contributed by atoms with Gasteiger partial charge >= 0.3 is 5.97 Å². The Kier molecular flexibility index (Phi) is 6.14. The third kappa shape index (κ3) is 6.25. The lowest BCUT2D eigenvalue weighted by molar-refractivity contribution is -0.150. The van der Waals surface area contributed by atoms with Crippen LogP contribution in [0.1, 0.15) is 27.2 Å². The SMILES string of the molecule is CCC(C)(C)NC(=O)COC(=O)COc1ccccc1F. The van der Waals surface area contributed by atoms with Crippen LogP contribution in [-0.4, -0.2) is 30.6 Å². The molecule has 0 radical (unpaired) electrons. The lowest BCUT2D eigenvalue weighted by Crippen LogP contribution is -2.44. The Morgan fingerprint density at radius 2 is 1.90 bits per heavy atom. The highest BCUT2D eigenvalue weighted by atomic mass is 19.1. The van der Waals surface area contributed by atoms with Crippen LogP contribution in [0.15, 0.2) is 24.3 Å². The van der Waals surface area contributed by atoms with E-state index in [4.69, 9.17) is 9.47 Å². The van der Waals surface area contributed by atoms with Gasteiger partial charge in [0.05, 0.1) is 0 Å². The molecule has 1 N–H and O–H groups in total. The fraction of sp³-hybridized carbons (Fsp3) is 0.467. The first-order valence-corrected chi connectivity index (χ1v) is 6.68. The van der Waals surface area contributed by atoms with E-state index < -0.39 is 18.4 Å². The Morgan fingerprint density at radius 3 is 2.52 bits per heavy atom. The third-order valence-corrected chi connectivity index (χ3v) is 2.91. The highest BCUT2D eigenvalue weighted by molar-refractivity contribution is 5.81. The van der Waals surface area contributed by atoms with Gasteiger partial charge in [0, 0.05) is 5.54 Å². The maximum absolute atomic E-state index is 13.2.